The van der Waals surface area contributed by atoms with Gasteiger partial charge < -0.3 is 10.1 Å². The van der Waals surface area contributed by atoms with E-state index in [4.69, 9.17) is 16.3 Å². The van der Waals surface area contributed by atoms with Crippen LogP contribution in [-0.4, -0.2) is 26.5 Å². The number of ether oxygens (including phenoxy) is 1. The van der Waals surface area contributed by atoms with Crippen molar-refractivity contribution < 1.29 is 17.9 Å². The van der Waals surface area contributed by atoms with E-state index in [0.29, 0.717) is 16.5 Å². The van der Waals surface area contributed by atoms with Crippen LogP contribution in [0.2, 0.25) is 5.02 Å². The highest BCUT2D eigenvalue weighted by atomic mass is 35.5. The minimum Gasteiger partial charge on any atom is -0.484 e. The quantitative estimate of drug-likeness (QED) is 0.783. The number of halogens is 1. The SMILES string of the molecule is CC(C)(C)NS(=O)(=O)c1ccc(NC(=O)COc2ccc(Cl)cc2)cc1. The largest absolute Gasteiger partial charge is 0.484 e. The molecule has 0 spiro atoms. The summed E-state index contributed by atoms with van der Waals surface area (Å²) < 4.78 is 32.4. The maximum Gasteiger partial charge on any atom is 0.262 e. The Morgan fingerprint density at radius 2 is 1.62 bits per heavy atom. The van der Waals surface area contributed by atoms with Gasteiger partial charge in [0.2, 0.25) is 10.0 Å². The summed E-state index contributed by atoms with van der Waals surface area (Å²) in [5.74, 6) is 0.169. The summed E-state index contributed by atoms with van der Waals surface area (Å²) in [6.07, 6.45) is 0. The molecule has 26 heavy (non-hydrogen) atoms. The first-order chi connectivity index (χ1) is 12.0. The van der Waals surface area contributed by atoms with Gasteiger partial charge in [0.05, 0.1) is 4.90 Å². The van der Waals surface area contributed by atoms with Gasteiger partial charge >= 0.3 is 0 Å². The summed E-state index contributed by atoms with van der Waals surface area (Å²) in [7, 11) is -3.61. The molecule has 8 heteroatoms. The zero-order valence-electron chi connectivity index (χ0n) is 14.7. The standard InChI is InChI=1S/C18H21ClN2O4S/c1-18(2,3)21-26(23,24)16-10-6-14(7-11-16)20-17(22)12-25-15-8-4-13(19)5-9-15/h4-11,21H,12H2,1-3H3,(H,20,22). The Hall–Kier alpha value is -2.09. The fourth-order valence-corrected chi connectivity index (χ4v) is 3.60. The number of rotatable bonds is 6. The van der Waals surface area contributed by atoms with Crippen LogP contribution in [0, 0.1) is 0 Å². The molecular formula is C18H21ClN2O4S. The molecule has 1 amide bonds. The molecule has 0 fully saturated rings. The number of nitrogens with one attached hydrogen (secondary N) is 2. The molecule has 0 aromatic heterocycles. The third-order valence-electron chi connectivity index (χ3n) is 3.07. The molecule has 0 aliphatic rings. The number of carbonyl (C=O) groups is 1. The Labute approximate surface area is 158 Å². The van der Waals surface area contributed by atoms with Crippen LogP contribution in [0.4, 0.5) is 5.69 Å². The Balaban J connectivity index is 1.94. The molecule has 140 valence electrons. The van der Waals surface area contributed by atoms with Gasteiger partial charge in [-0.05, 0) is 69.3 Å². The van der Waals surface area contributed by atoms with Crippen LogP contribution in [0.5, 0.6) is 5.75 Å². The second-order valence-electron chi connectivity index (χ2n) is 6.67. The highest BCUT2D eigenvalue weighted by Gasteiger charge is 2.21. The first-order valence-electron chi connectivity index (χ1n) is 7.87. The average Bonchev–Trinajstić information content (AvgIpc) is 2.52. The number of sulfonamides is 1. The van der Waals surface area contributed by atoms with Gasteiger partial charge in [0.1, 0.15) is 5.75 Å². The molecule has 0 saturated heterocycles. The van der Waals surface area contributed by atoms with E-state index in [2.05, 4.69) is 10.0 Å². The minimum absolute atomic E-state index is 0.128. The highest BCUT2D eigenvalue weighted by molar-refractivity contribution is 7.89. The molecule has 0 bridgehead atoms. The predicted octanol–water partition coefficient (Wildman–Crippen LogP) is 3.43. The smallest absolute Gasteiger partial charge is 0.262 e. The molecule has 2 aromatic carbocycles. The van der Waals surface area contributed by atoms with Gasteiger partial charge in [-0.15, -0.1) is 0 Å². The van der Waals surface area contributed by atoms with Crippen LogP contribution < -0.4 is 14.8 Å². The van der Waals surface area contributed by atoms with Crippen molar-refractivity contribution in [3.8, 4) is 5.75 Å². The zero-order chi connectivity index (χ0) is 19.4. The molecular weight excluding hydrogens is 376 g/mol. The molecule has 0 aliphatic carbocycles. The zero-order valence-corrected chi connectivity index (χ0v) is 16.3. The monoisotopic (exact) mass is 396 g/mol. The van der Waals surface area contributed by atoms with Crippen LogP contribution in [-0.2, 0) is 14.8 Å². The fourth-order valence-electron chi connectivity index (χ4n) is 2.06. The van der Waals surface area contributed by atoms with E-state index in [-0.39, 0.29) is 17.4 Å². The molecule has 2 aromatic rings. The van der Waals surface area contributed by atoms with Gasteiger partial charge in [-0.3, -0.25) is 4.79 Å². The Morgan fingerprint density at radius 3 is 2.15 bits per heavy atom. The molecule has 0 aliphatic heterocycles. The van der Waals surface area contributed by atoms with Gasteiger partial charge in [0, 0.05) is 16.2 Å². The second-order valence-corrected chi connectivity index (χ2v) is 8.79. The Morgan fingerprint density at radius 1 is 1.04 bits per heavy atom. The normalized spacial score (nSPS) is 11.8. The Kier molecular flexibility index (Phi) is 6.28. The van der Waals surface area contributed by atoms with E-state index in [0.717, 1.165) is 0 Å². The Bertz CT molecular complexity index is 858. The van der Waals surface area contributed by atoms with Crippen molar-refractivity contribution in [3.05, 3.63) is 53.6 Å². The lowest BCUT2D eigenvalue weighted by atomic mass is 10.1. The number of carbonyl (C=O) groups excluding carboxylic acids is 1. The van der Waals surface area contributed by atoms with Crippen LogP contribution >= 0.6 is 11.6 Å². The maximum atomic E-state index is 12.2. The summed E-state index contributed by atoms with van der Waals surface area (Å²) >= 11 is 5.78. The number of amides is 1. The van der Waals surface area contributed by atoms with Crippen LogP contribution in [0.15, 0.2) is 53.4 Å². The van der Waals surface area contributed by atoms with E-state index >= 15 is 0 Å². The molecule has 2 N–H and O–H groups in total. The number of hydrogen-bond donors (Lipinski definition) is 2. The topological polar surface area (TPSA) is 84.5 Å². The van der Waals surface area contributed by atoms with Gasteiger partial charge in [0.15, 0.2) is 6.61 Å². The summed E-state index contributed by atoms with van der Waals surface area (Å²) in [4.78, 5) is 12.1. The molecule has 0 unspecified atom stereocenters. The maximum absolute atomic E-state index is 12.2. The molecule has 6 nitrogen and oxygen atoms in total. The number of anilines is 1. The summed E-state index contributed by atoms with van der Waals surface area (Å²) in [6.45, 7) is 5.12. The second kappa shape index (κ2) is 8.07. The third-order valence-corrected chi connectivity index (χ3v) is 5.10. The van der Waals surface area contributed by atoms with Gasteiger partial charge in [-0.25, -0.2) is 13.1 Å². The van der Waals surface area contributed by atoms with Gasteiger partial charge in [-0.2, -0.15) is 0 Å². The fraction of sp³-hybridized carbons (Fsp3) is 0.278. The number of benzene rings is 2. The first kappa shape index (κ1) is 20.2. The van der Waals surface area contributed by atoms with Crippen LogP contribution in [0.3, 0.4) is 0 Å². The van der Waals surface area contributed by atoms with E-state index < -0.39 is 15.6 Å². The van der Waals surface area contributed by atoms with Crippen molar-refractivity contribution >= 4 is 33.2 Å². The molecule has 0 radical (unpaired) electrons. The third kappa shape index (κ3) is 6.33. The highest BCUT2D eigenvalue weighted by Crippen LogP contribution is 2.17. The number of hydrogen-bond acceptors (Lipinski definition) is 4. The molecule has 0 saturated carbocycles. The van der Waals surface area contributed by atoms with Crippen molar-refractivity contribution in [3.63, 3.8) is 0 Å². The summed E-state index contributed by atoms with van der Waals surface area (Å²) in [6, 6.07) is 12.6. The molecule has 0 atom stereocenters. The van der Waals surface area contributed by atoms with Gasteiger partial charge in [0.25, 0.3) is 5.91 Å². The van der Waals surface area contributed by atoms with Crippen LogP contribution in [0.25, 0.3) is 0 Å². The lowest BCUT2D eigenvalue weighted by Crippen LogP contribution is -2.40. The summed E-state index contributed by atoms with van der Waals surface area (Å²) in [5, 5.41) is 3.23. The van der Waals surface area contributed by atoms with Crippen molar-refractivity contribution in [1.82, 2.24) is 4.72 Å². The minimum atomic E-state index is -3.61. The van der Waals surface area contributed by atoms with E-state index in [1.807, 2.05) is 0 Å². The first-order valence-corrected chi connectivity index (χ1v) is 9.73. The van der Waals surface area contributed by atoms with E-state index in [9.17, 15) is 13.2 Å². The van der Waals surface area contributed by atoms with Crippen molar-refractivity contribution in [2.45, 2.75) is 31.2 Å². The summed E-state index contributed by atoms with van der Waals surface area (Å²) in [5.41, 5.74) is -0.102. The van der Waals surface area contributed by atoms with Crippen molar-refractivity contribution in [1.29, 1.82) is 0 Å². The van der Waals surface area contributed by atoms with Gasteiger partial charge in [-0.1, -0.05) is 11.6 Å². The van der Waals surface area contributed by atoms with Crippen molar-refractivity contribution in [2.24, 2.45) is 0 Å². The molecule has 2 rings (SSSR count). The van der Waals surface area contributed by atoms with E-state index in [1.54, 1.807) is 45.0 Å². The van der Waals surface area contributed by atoms with Crippen molar-refractivity contribution in [2.75, 3.05) is 11.9 Å². The van der Waals surface area contributed by atoms with Crippen LogP contribution in [0.1, 0.15) is 20.8 Å². The molecule has 0 heterocycles. The lowest BCUT2D eigenvalue weighted by Gasteiger charge is -2.20. The lowest BCUT2D eigenvalue weighted by molar-refractivity contribution is -0.118. The predicted molar refractivity (Wildman–Crippen MR) is 102 cm³/mol. The van der Waals surface area contributed by atoms with E-state index in [1.165, 1.54) is 24.3 Å². The average molecular weight is 397 g/mol.